The van der Waals surface area contributed by atoms with Gasteiger partial charge in [0.05, 0.1) is 16.6 Å². The van der Waals surface area contributed by atoms with Crippen LogP contribution in [-0.4, -0.2) is 44.8 Å². The van der Waals surface area contributed by atoms with Gasteiger partial charge in [-0.15, -0.1) is 0 Å². The number of aryl methyl sites for hydroxylation is 1. The van der Waals surface area contributed by atoms with Crippen LogP contribution in [-0.2, 0) is 6.42 Å². The van der Waals surface area contributed by atoms with Crippen LogP contribution in [0.2, 0.25) is 0 Å². The van der Waals surface area contributed by atoms with Crippen molar-refractivity contribution in [3.8, 4) is 5.69 Å². The number of fused-ring (bicyclic) bond motifs is 1. The van der Waals surface area contributed by atoms with Crippen LogP contribution in [0.1, 0.15) is 32.0 Å². The minimum atomic E-state index is -0.877. The molecule has 1 aromatic heterocycles. The number of anilines is 1. The molecule has 0 saturated carbocycles. The maximum absolute atomic E-state index is 13.2. The summed E-state index contributed by atoms with van der Waals surface area (Å²) in [5.41, 5.74) is 2.37. The lowest BCUT2D eigenvalue weighted by atomic mass is 10.2. The summed E-state index contributed by atoms with van der Waals surface area (Å²) in [6.07, 6.45) is 2.64. The Kier molecular flexibility index (Phi) is 5.70. The van der Waals surface area contributed by atoms with Crippen molar-refractivity contribution in [2.75, 3.05) is 18.4 Å². The maximum atomic E-state index is 13.2. The molecule has 7 nitrogen and oxygen atoms in total. The number of amides is 1. The molecule has 1 saturated heterocycles. The molecule has 0 aliphatic carbocycles. The standard InChI is InChI=1S/C23H26N4O3/c1-2-3-8-21-25-20-7-5-4-6-19(20)22(28)27(21)18-11-9-16(10-12-18)24-17-13-14-26(15-17)23(29)30/h4-7,9-12,17,24H,2-3,8,13-15H2,1H3,(H,29,30). The molecule has 0 radical (unpaired) electrons. The van der Waals surface area contributed by atoms with Gasteiger partial charge in [-0.25, -0.2) is 9.78 Å². The number of carboxylic acid groups (broad SMARTS) is 1. The van der Waals surface area contributed by atoms with E-state index in [9.17, 15) is 9.59 Å². The van der Waals surface area contributed by atoms with Crippen LogP contribution in [0.5, 0.6) is 0 Å². The highest BCUT2D eigenvalue weighted by atomic mass is 16.4. The van der Waals surface area contributed by atoms with Crippen molar-refractivity contribution in [3.63, 3.8) is 0 Å². The molecule has 0 bridgehead atoms. The summed E-state index contributed by atoms with van der Waals surface area (Å²) in [6.45, 7) is 3.15. The van der Waals surface area contributed by atoms with Crippen LogP contribution >= 0.6 is 0 Å². The monoisotopic (exact) mass is 406 g/mol. The minimum Gasteiger partial charge on any atom is -0.465 e. The van der Waals surface area contributed by atoms with Crippen molar-refractivity contribution in [2.24, 2.45) is 0 Å². The Balaban J connectivity index is 1.62. The van der Waals surface area contributed by atoms with E-state index in [4.69, 9.17) is 10.1 Å². The lowest BCUT2D eigenvalue weighted by molar-refractivity contribution is 0.155. The zero-order chi connectivity index (χ0) is 21.1. The first kappa shape index (κ1) is 19.9. The first-order chi connectivity index (χ1) is 14.6. The number of carbonyl (C=O) groups is 1. The van der Waals surface area contributed by atoms with Crippen LogP contribution < -0.4 is 10.9 Å². The fourth-order valence-corrected chi connectivity index (χ4v) is 3.94. The Morgan fingerprint density at radius 1 is 1.20 bits per heavy atom. The topological polar surface area (TPSA) is 87.5 Å². The van der Waals surface area contributed by atoms with Crippen molar-refractivity contribution < 1.29 is 9.90 Å². The van der Waals surface area contributed by atoms with E-state index in [0.717, 1.165) is 48.4 Å². The van der Waals surface area contributed by atoms with E-state index in [1.165, 1.54) is 4.90 Å². The molecule has 1 aliphatic rings. The average Bonchev–Trinajstić information content (AvgIpc) is 3.22. The number of likely N-dealkylation sites (tertiary alicyclic amines) is 1. The van der Waals surface area contributed by atoms with Gasteiger partial charge in [-0.05, 0) is 49.2 Å². The number of hydrogen-bond donors (Lipinski definition) is 2. The normalized spacial score (nSPS) is 16.2. The van der Waals surface area contributed by atoms with Crippen LogP contribution in [0, 0.1) is 0 Å². The molecule has 1 atom stereocenters. The molecule has 30 heavy (non-hydrogen) atoms. The van der Waals surface area contributed by atoms with Crippen molar-refractivity contribution >= 4 is 22.7 Å². The molecule has 0 spiro atoms. The summed E-state index contributed by atoms with van der Waals surface area (Å²) < 4.78 is 1.71. The second-order valence-corrected chi connectivity index (χ2v) is 7.69. The Bertz CT molecular complexity index is 1110. The summed E-state index contributed by atoms with van der Waals surface area (Å²) in [6, 6.07) is 15.2. The van der Waals surface area contributed by atoms with E-state index in [0.29, 0.717) is 18.5 Å². The number of hydrogen-bond acceptors (Lipinski definition) is 4. The highest BCUT2D eigenvalue weighted by molar-refractivity contribution is 5.77. The molecule has 3 aromatic rings. The maximum Gasteiger partial charge on any atom is 0.407 e. The quantitative estimate of drug-likeness (QED) is 0.648. The van der Waals surface area contributed by atoms with Gasteiger partial charge in [0, 0.05) is 31.2 Å². The molecule has 2 heterocycles. The Morgan fingerprint density at radius 2 is 1.97 bits per heavy atom. The number of nitrogens with one attached hydrogen (secondary N) is 1. The van der Waals surface area contributed by atoms with E-state index in [-0.39, 0.29) is 11.6 Å². The molecular weight excluding hydrogens is 380 g/mol. The second kappa shape index (κ2) is 8.57. The number of aromatic nitrogens is 2. The van der Waals surface area contributed by atoms with E-state index in [1.807, 2.05) is 48.5 Å². The van der Waals surface area contributed by atoms with Crippen LogP contribution in [0.25, 0.3) is 16.6 Å². The van der Waals surface area contributed by atoms with Gasteiger partial charge in [0.1, 0.15) is 5.82 Å². The van der Waals surface area contributed by atoms with Crippen molar-refractivity contribution in [3.05, 3.63) is 64.7 Å². The molecule has 1 aliphatic heterocycles. The second-order valence-electron chi connectivity index (χ2n) is 7.69. The first-order valence-corrected chi connectivity index (χ1v) is 10.4. The highest BCUT2D eigenvalue weighted by Crippen LogP contribution is 2.20. The van der Waals surface area contributed by atoms with E-state index in [1.54, 1.807) is 4.57 Å². The first-order valence-electron chi connectivity index (χ1n) is 10.4. The summed E-state index contributed by atoms with van der Waals surface area (Å²) in [4.78, 5) is 30.5. The number of benzene rings is 2. The van der Waals surface area contributed by atoms with Gasteiger partial charge in [0.15, 0.2) is 0 Å². The van der Waals surface area contributed by atoms with E-state index < -0.39 is 6.09 Å². The molecule has 7 heteroatoms. The molecule has 156 valence electrons. The SMILES string of the molecule is CCCCc1nc2ccccc2c(=O)n1-c1ccc(NC2CCN(C(=O)O)C2)cc1. The zero-order valence-electron chi connectivity index (χ0n) is 17.0. The largest absolute Gasteiger partial charge is 0.465 e. The molecule has 2 N–H and O–H groups in total. The van der Waals surface area contributed by atoms with Crippen LogP contribution in [0.15, 0.2) is 53.3 Å². The number of para-hydroxylation sites is 1. The molecule has 1 amide bonds. The van der Waals surface area contributed by atoms with Gasteiger partial charge >= 0.3 is 6.09 Å². The van der Waals surface area contributed by atoms with Gasteiger partial charge in [-0.1, -0.05) is 25.5 Å². The Hall–Kier alpha value is -3.35. The van der Waals surface area contributed by atoms with Crippen molar-refractivity contribution in [1.29, 1.82) is 0 Å². The number of nitrogens with zero attached hydrogens (tertiary/aromatic N) is 3. The lowest BCUT2D eigenvalue weighted by Gasteiger charge is -2.17. The summed E-state index contributed by atoms with van der Waals surface area (Å²) in [5.74, 6) is 0.772. The summed E-state index contributed by atoms with van der Waals surface area (Å²) in [5, 5.41) is 13.1. The molecule has 1 unspecified atom stereocenters. The smallest absolute Gasteiger partial charge is 0.407 e. The van der Waals surface area contributed by atoms with Crippen LogP contribution in [0.4, 0.5) is 10.5 Å². The third-order valence-corrected chi connectivity index (χ3v) is 5.55. The Labute approximate surface area is 175 Å². The van der Waals surface area contributed by atoms with E-state index >= 15 is 0 Å². The van der Waals surface area contributed by atoms with Gasteiger partial charge < -0.3 is 15.3 Å². The van der Waals surface area contributed by atoms with Crippen molar-refractivity contribution in [1.82, 2.24) is 14.5 Å². The third-order valence-electron chi connectivity index (χ3n) is 5.55. The fourth-order valence-electron chi connectivity index (χ4n) is 3.94. The van der Waals surface area contributed by atoms with Gasteiger partial charge in [0.25, 0.3) is 5.56 Å². The highest BCUT2D eigenvalue weighted by Gasteiger charge is 2.25. The minimum absolute atomic E-state index is 0.0553. The summed E-state index contributed by atoms with van der Waals surface area (Å²) in [7, 11) is 0. The van der Waals surface area contributed by atoms with E-state index in [2.05, 4.69) is 12.2 Å². The number of rotatable bonds is 6. The molecule has 2 aromatic carbocycles. The molecule has 1 fully saturated rings. The zero-order valence-corrected chi connectivity index (χ0v) is 17.0. The summed E-state index contributed by atoms with van der Waals surface area (Å²) >= 11 is 0. The predicted molar refractivity (Wildman–Crippen MR) is 118 cm³/mol. The van der Waals surface area contributed by atoms with Gasteiger partial charge in [0.2, 0.25) is 0 Å². The molecule has 4 rings (SSSR count). The fraction of sp³-hybridized carbons (Fsp3) is 0.348. The lowest BCUT2D eigenvalue weighted by Crippen LogP contribution is -2.30. The third kappa shape index (κ3) is 4.01. The van der Waals surface area contributed by atoms with Crippen LogP contribution in [0.3, 0.4) is 0 Å². The van der Waals surface area contributed by atoms with Gasteiger partial charge in [-0.2, -0.15) is 0 Å². The van der Waals surface area contributed by atoms with Crippen molar-refractivity contribution in [2.45, 2.75) is 38.6 Å². The number of unbranched alkanes of at least 4 members (excludes halogenated alkanes) is 1. The van der Waals surface area contributed by atoms with Gasteiger partial charge in [-0.3, -0.25) is 9.36 Å². The predicted octanol–water partition coefficient (Wildman–Crippen LogP) is 3.89. The Morgan fingerprint density at radius 3 is 2.67 bits per heavy atom. The molecular formula is C23H26N4O3. The average molecular weight is 406 g/mol.